The van der Waals surface area contributed by atoms with Crippen LogP contribution in [0.4, 0.5) is 13.2 Å². The number of hydrogen-bond acceptors (Lipinski definition) is 5. The maximum Gasteiger partial charge on any atom is 0.469 e. The van der Waals surface area contributed by atoms with Gasteiger partial charge < -0.3 is 20.6 Å². The summed E-state index contributed by atoms with van der Waals surface area (Å²) in [5, 5.41) is 9.85. The van der Waals surface area contributed by atoms with Crippen molar-refractivity contribution in [3.8, 4) is 0 Å². The largest absolute Gasteiger partial charge is 0.469 e. The van der Waals surface area contributed by atoms with Gasteiger partial charge in [0, 0.05) is 14.8 Å². The Hall–Kier alpha value is -1.10. The van der Waals surface area contributed by atoms with Crippen LogP contribution in [0.25, 0.3) is 0 Å². The summed E-state index contributed by atoms with van der Waals surface area (Å²) in [6, 6.07) is 10.2. The van der Waals surface area contributed by atoms with Crippen LogP contribution in [0.1, 0.15) is 24.0 Å². The molecule has 1 unspecified atom stereocenters. The maximum atomic E-state index is 12.9. The molecule has 1 atom stereocenters. The van der Waals surface area contributed by atoms with Gasteiger partial charge in [0.2, 0.25) is 0 Å². The Morgan fingerprint density at radius 3 is 2.39 bits per heavy atom. The zero-order valence-corrected chi connectivity index (χ0v) is 18.6. The first-order valence-electron chi connectivity index (χ1n) is 9.05. The summed E-state index contributed by atoms with van der Waals surface area (Å²) in [4.78, 5) is 18.7. The maximum absolute atomic E-state index is 12.9. The van der Waals surface area contributed by atoms with Crippen molar-refractivity contribution in [3.63, 3.8) is 0 Å². The van der Waals surface area contributed by atoms with E-state index in [0.29, 0.717) is 27.7 Å². The molecular weight excluding hydrogens is 478 g/mol. The van der Waals surface area contributed by atoms with Crippen molar-refractivity contribution in [1.82, 2.24) is 0 Å². The minimum Gasteiger partial charge on any atom is -0.394 e. The SMILES string of the molecule is NC(CO)(CCCc1ccc(Sc2cccc(C(F)(F)F)c2)cc1Cl)COP(=O)(O)O. The molecule has 0 heterocycles. The molecular formula is C19H22ClF3NO5PS. The van der Waals surface area contributed by atoms with E-state index in [9.17, 15) is 22.8 Å². The van der Waals surface area contributed by atoms with Gasteiger partial charge >= 0.3 is 14.0 Å². The first-order valence-corrected chi connectivity index (χ1v) is 11.8. The standard InChI is InChI=1S/C19H22ClF3NO5PS/c20-17-10-16(31-15-5-1-4-14(9-15)19(21,22)23)7-6-13(17)3-2-8-18(24,11-25)12-29-30(26,27)28/h1,4-7,9-10,25H,2-3,8,11-12,24H2,(H2,26,27,28). The van der Waals surface area contributed by atoms with Gasteiger partial charge in [-0.3, -0.25) is 4.52 Å². The molecule has 0 aliphatic heterocycles. The fourth-order valence-corrected chi connectivity index (χ4v) is 4.39. The summed E-state index contributed by atoms with van der Waals surface area (Å²) in [6.45, 7) is -1.03. The minimum atomic E-state index is -4.70. The van der Waals surface area contributed by atoms with E-state index in [1.54, 1.807) is 24.3 Å². The molecule has 2 aromatic carbocycles. The minimum absolute atomic E-state index is 0.223. The number of rotatable bonds is 10. The predicted octanol–water partition coefficient (Wildman–Crippen LogP) is 4.63. The van der Waals surface area contributed by atoms with E-state index in [1.165, 1.54) is 6.07 Å². The Labute approximate surface area is 186 Å². The Kier molecular flexibility index (Phi) is 9.01. The summed E-state index contributed by atoms with van der Waals surface area (Å²) in [7, 11) is -4.70. The van der Waals surface area contributed by atoms with Crippen LogP contribution in [0, 0.1) is 0 Å². The van der Waals surface area contributed by atoms with Gasteiger partial charge in [0.15, 0.2) is 0 Å². The fourth-order valence-electron chi connectivity index (χ4n) is 2.71. The first-order chi connectivity index (χ1) is 14.3. The van der Waals surface area contributed by atoms with Crippen molar-refractivity contribution < 1.29 is 37.2 Å². The van der Waals surface area contributed by atoms with Crippen LogP contribution in [0.3, 0.4) is 0 Å². The molecule has 0 bridgehead atoms. The third-order valence-corrected chi connectivity index (χ3v) is 6.17. The molecule has 31 heavy (non-hydrogen) atoms. The third-order valence-electron chi connectivity index (χ3n) is 4.38. The molecule has 5 N–H and O–H groups in total. The predicted molar refractivity (Wildman–Crippen MR) is 112 cm³/mol. The van der Waals surface area contributed by atoms with E-state index in [2.05, 4.69) is 4.52 Å². The van der Waals surface area contributed by atoms with E-state index in [-0.39, 0.29) is 6.42 Å². The van der Waals surface area contributed by atoms with Crippen LogP contribution in [0.5, 0.6) is 0 Å². The topological polar surface area (TPSA) is 113 Å². The number of aryl methyl sites for hydroxylation is 1. The molecule has 172 valence electrons. The highest BCUT2D eigenvalue weighted by Crippen LogP contribution is 2.37. The molecule has 0 aliphatic rings. The van der Waals surface area contributed by atoms with Gasteiger partial charge in [0.05, 0.1) is 24.3 Å². The molecule has 0 aliphatic carbocycles. The van der Waals surface area contributed by atoms with Crippen molar-refractivity contribution >= 4 is 31.2 Å². The Balaban J connectivity index is 1.98. The molecule has 0 amide bonds. The Morgan fingerprint density at radius 1 is 1.13 bits per heavy atom. The van der Waals surface area contributed by atoms with Gasteiger partial charge in [0.25, 0.3) is 0 Å². The average molecular weight is 500 g/mol. The van der Waals surface area contributed by atoms with E-state index in [4.69, 9.17) is 27.1 Å². The van der Waals surface area contributed by atoms with Gasteiger partial charge in [-0.15, -0.1) is 0 Å². The summed E-state index contributed by atoms with van der Waals surface area (Å²) < 4.78 is 53.8. The smallest absolute Gasteiger partial charge is 0.394 e. The van der Waals surface area contributed by atoms with Gasteiger partial charge in [-0.2, -0.15) is 13.2 Å². The third kappa shape index (κ3) is 8.75. The summed E-state index contributed by atoms with van der Waals surface area (Å²) in [5.41, 5.74) is 4.66. The summed E-state index contributed by atoms with van der Waals surface area (Å²) >= 11 is 7.46. The van der Waals surface area contributed by atoms with Crippen molar-refractivity contribution in [2.24, 2.45) is 5.73 Å². The number of alkyl halides is 3. The van der Waals surface area contributed by atoms with Crippen LogP contribution in [-0.2, 0) is 21.7 Å². The zero-order chi connectivity index (χ0) is 23.3. The molecule has 12 heteroatoms. The summed E-state index contributed by atoms with van der Waals surface area (Å²) in [6.07, 6.45) is -3.26. The zero-order valence-electron chi connectivity index (χ0n) is 16.2. The second-order valence-electron chi connectivity index (χ2n) is 7.02. The van der Waals surface area contributed by atoms with E-state index >= 15 is 0 Å². The van der Waals surface area contributed by atoms with Gasteiger partial charge in [-0.05, 0) is 55.2 Å². The lowest BCUT2D eigenvalue weighted by atomic mass is 9.94. The molecule has 0 radical (unpaired) electrons. The van der Waals surface area contributed by atoms with Crippen LogP contribution >= 0.6 is 31.2 Å². The molecule has 2 rings (SSSR count). The van der Waals surface area contributed by atoms with Gasteiger partial charge in [0.1, 0.15) is 0 Å². The average Bonchev–Trinajstić information content (AvgIpc) is 2.67. The number of aliphatic hydroxyl groups excluding tert-OH is 1. The van der Waals surface area contributed by atoms with Crippen molar-refractivity contribution in [1.29, 1.82) is 0 Å². The Bertz CT molecular complexity index is 943. The lowest BCUT2D eigenvalue weighted by Gasteiger charge is -2.27. The molecule has 0 saturated heterocycles. The van der Waals surface area contributed by atoms with Crippen LogP contribution in [0.15, 0.2) is 52.3 Å². The van der Waals surface area contributed by atoms with Crippen molar-refractivity contribution in [3.05, 3.63) is 58.6 Å². The lowest BCUT2D eigenvalue weighted by Crippen LogP contribution is -2.47. The first kappa shape index (κ1) is 26.2. The molecule has 2 aromatic rings. The second kappa shape index (κ2) is 10.7. The van der Waals surface area contributed by atoms with E-state index < -0.39 is 38.3 Å². The fraction of sp³-hybridized carbons (Fsp3) is 0.368. The molecule has 0 fully saturated rings. The van der Waals surface area contributed by atoms with E-state index in [0.717, 1.165) is 29.5 Å². The molecule has 0 aromatic heterocycles. The molecule has 6 nitrogen and oxygen atoms in total. The van der Waals surface area contributed by atoms with Crippen LogP contribution in [0.2, 0.25) is 5.02 Å². The quantitative estimate of drug-likeness (QED) is 0.352. The normalized spacial score (nSPS) is 14.5. The van der Waals surface area contributed by atoms with Gasteiger partial charge in [-0.25, -0.2) is 4.57 Å². The number of aliphatic hydroxyl groups is 1. The number of benzene rings is 2. The highest BCUT2D eigenvalue weighted by atomic mass is 35.5. The number of phosphoric acid groups is 1. The number of hydrogen-bond donors (Lipinski definition) is 4. The Morgan fingerprint density at radius 2 is 1.81 bits per heavy atom. The van der Waals surface area contributed by atoms with E-state index in [1.807, 2.05) is 0 Å². The lowest BCUT2D eigenvalue weighted by molar-refractivity contribution is -0.137. The second-order valence-corrected chi connectivity index (χ2v) is 9.81. The molecule has 0 saturated carbocycles. The van der Waals surface area contributed by atoms with Crippen LogP contribution < -0.4 is 5.73 Å². The highest BCUT2D eigenvalue weighted by Gasteiger charge is 2.30. The highest BCUT2D eigenvalue weighted by molar-refractivity contribution is 7.99. The number of halogens is 4. The monoisotopic (exact) mass is 499 g/mol. The number of nitrogens with two attached hydrogens (primary N) is 1. The van der Waals surface area contributed by atoms with Crippen molar-refractivity contribution in [2.45, 2.75) is 40.8 Å². The van der Waals surface area contributed by atoms with Gasteiger partial charge in [-0.1, -0.05) is 35.5 Å². The number of phosphoric ester groups is 1. The van der Waals surface area contributed by atoms with Crippen molar-refractivity contribution in [2.75, 3.05) is 13.2 Å². The molecule has 0 spiro atoms. The van der Waals surface area contributed by atoms with Crippen LogP contribution in [-0.4, -0.2) is 33.6 Å². The summed E-state index contributed by atoms with van der Waals surface area (Å²) in [5.74, 6) is 0.